The average Bonchev–Trinajstić information content (AvgIpc) is 3.34. The van der Waals surface area contributed by atoms with E-state index < -0.39 is 105 Å². The molecule has 19 nitrogen and oxygen atoms in total. The van der Waals surface area contributed by atoms with E-state index in [2.05, 4.69) is 31.9 Å². The van der Waals surface area contributed by atoms with Crippen LogP contribution in [0.2, 0.25) is 0 Å². The number of primary amides is 1. The third kappa shape index (κ3) is 13.3. The highest BCUT2D eigenvalue weighted by Crippen LogP contribution is 2.09. The van der Waals surface area contributed by atoms with E-state index in [9.17, 15) is 43.2 Å². The van der Waals surface area contributed by atoms with Gasteiger partial charge in [0.2, 0.25) is 35.4 Å². The monoisotopic (exact) mass is 646 g/mol. The number of nitrogens with one attached hydrogen (secondary N) is 6. The van der Waals surface area contributed by atoms with Crippen molar-refractivity contribution in [3.05, 3.63) is 48.0 Å². The van der Waals surface area contributed by atoms with E-state index in [1.165, 1.54) is 0 Å². The van der Waals surface area contributed by atoms with E-state index in [0.29, 0.717) is 10.5 Å². The number of amides is 8. The molecule has 19 heteroatoms. The molecule has 2 atom stereocenters. The predicted octanol–water partition coefficient (Wildman–Crippen LogP) is -5.39. The van der Waals surface area contributed by atoms with Gasteiger partial charge >= 0.3 is 5.97 Å². The molecule has 0 saturated heterocycles. The van der Waals surface area contributed by atoms with E-state index in [1.54, 1.807) is 30.3 Å². The first-order valence-electron chi connectivity index (χ1n) is 13.6. The number of carboxylic acids is 1. The van der Waals surface area contributed by atoms with Gasteiger partial charge in [0.25, 0.3) is 11.8 Å². The molecule has 0 radical (unpaired) electrons. The second-order valence-corrected chi connectivity index (χ2v) is 9.50. The molecule has 1 aromatic rings. The zero-order valence-corrected chi connectivity index (χ0v) is 24.4. The Hall–Kier alpha value is -5.69. The van der Waals surface area contributed by atoms with Crippen LogP contribution in [-0.4, -0.2) is 121 Å². The summed E-state index contributed by atoms with van der Waals surface area (Å²) in [6.07, 6.45) is 1.91. The van der Waals surface area contributed by atoms with Crippen LogP contribution in [-0.2, 0) is 54.3 Å². The number of carbonyl (C=O) groups is 9. The molecule has 1 aromatic carbocycles. The highest BCUT2D eigenvalue weighted by atomic mass is 16.5. The molecule has 1 heterocycles. The minimum Gasteiger partial charge on any atom is -0.480 e. The first-order valence-corrected chi connectivity index (χ1v) is 13.6. The average molecular weight is 647 g/mol. The Morgan fingerprint density at radius 2 is 1.37 bits per heavy atom. The fourth-order valence-corrected chi connectivity index (χ4v) is 3.80. The van der Waals surface area contributed by atoms with Gasteiger partial charge in [-0.05, 0) is 5.56 Å². The number of carboxylic acid groups (broad SMARTS) is 1. The van der Waals surface area contributed by atoms with Crippen LogP contribution in [0.15, 0.2) is 42.5 Å². The van der Waals surface area contributed by atoms with Gasteiger partial charge in [-0.3, -0.25) is 48.1 Å². The summed E-state index contributed by atoms with van der Waals surface area (Å²) in [7, 11) is 0. The second kappa shape index (κ2) is 18.9. The van der Waals surface area contributed by atoms with Crippen molar-refractivity contribution in [2.45, 2.75) is 18.5 Å². The molecule has 9 N–H and O–H groups in total. The van der Waals surface area contributed by atoms with Crippen LogP contribution in [0.1, 0.15) is 5.56 Å². The van der Waals surface area contributed by atoms with Crippen molar-refractivity contribution in [3.63, 3.8) is 0 Å². The Morgan fingerprint density at radius 3 is 1.98 bits per heavy atom. The standard InChI is InChI=1S/C27H34N8O11/c28-19(36)14-46-15-33-21(38)11-31-26(44)17(8-16-4-2-1-3-5-16)34-22(39)12-30-20(37)10-32-27(45)18(9-29-13-25(42)43)35-23(40)6-7-24(35)41/h1-7,17-18,29H,8-15H2,(H2,28,36)(H,30,37)(H,31,44)(H,32,45)(H,33,38)(H,34,39)(H,42,43)/t17-,18-/m0/s1. The fourth-order valence-electron chi connectivity index (χ4n) is 3.80. The molecule has 248 valence electrons. The van der Waals surface area contributed by atoms with Gasteiger partial charge in [0, 0.05) is 25.1 Å². The lowest BCUT2D eigenvalue weighted by atomic mass is 10.1. The first-order chi connectivity index (χ1) is 21.9. The summed E-state index contributed by atoms with van der Waals surface area (Å²) >= 11 is 0. The smallest absolute Gasteiger partial charge is 0.317 e. The molecule has 0 bridgehead atoms. The molecule has 1 aliphatic rings. The number of hydrogen-bond acceptors (Lipinski definition) is 11. The molecule has 0 saturated carbocycles. The molecular formula is C27H34N8O11. The maximum absolute atomic E-state index is 12.8. The molecular weight excluding hydrogens is 612 g/mol. The van der Waals surface area contributed by atoms with Gasteiger partial charge < -0.3 is 47.5 Å². The van der Waals surface area contributed by atoms with E-state index in [-0.39, 0.29) is 13.2 Å². The van der Waals surface area contributed by atoms with Crippen LogP contribution in [0.4, 0.5) is 0 Å². The van der Waals surface area contributed by atoms with Crippen LogP contribution in [0.5, 0.6) is 0 Å². The topological polar surface area (TPSA) is 285 Å². The summed E-state index contributed by atoms with van der Waals surface area (Å²) < 4.78 is 4.81. The third-order valence-corrected chi connectivity index (χ3v) is 5.91. The van der Waals surface area contributed by atoms with Crippen LogP contribution in [0, 0.1) is 0 Å². The Morgan fingerprint density at radius 1 is 0.783 bits per heavy atom. The highest BCUT2D eigenvalue weighted by Gasteiger charge is 2.35. The third-order valence-electron chi connectivity index (χ3n) is 5.91. The SMILES string of the molecule is NC(=O)COCNC(=O)CNC(=O)[C@H](Cc1ccccc1)NC(=O)CNC(=O)CNC(=O)[C@H](CNCC(=O)O)N1C(=O)C=CC1=O. The zero-order valence-electron chi connectivity index (χ0n) is 24.4. The molecule has 46 heavy (non-hydrogen) atoms. The fraction of sp³-hybridized carbons (Fsp3) is 0.370. The summed E-state index contributed by atoms with van der Waals surface area (Å²) in [6.45, 7) is -3.46. The van der Waals surface area contributed by atoms with Crippen molar-refractivity contribution in [2.75, 3.05) is 46.1 Å². The van der Waals surface area contributed by atoms with E-state index in [0.717, 1.165) is 12.2 Å². The number of carbonyl (C=O) groups excluding carboxylic acids is 8. The number of benzene rings is 1. The lowest BCUT2D eigenvalue weighted by Gasteiger charge is -2.25. The Bertz CT molecular complexity index is 1330. The van der Waals surface area contributed by atoms with E-state index in [1.807, 2.05) is 0 Å². The van der Waals surface area contributed by atoms with Crippen LogP contribution in [0.25, 0.3) is 0 Å². The molecule has 2 rings (SSSR count). The number of aliphatic carboxylic acids is 1. The van der Waals surface area contributed by atoms with Crippen molar-refractivity contribution in [1.29, 1.82) is 0 Å². The van der Waals surface area contributed by atoms with E-state index >= 15 is 0 Å². The molecule has 1 aliphatic heterocycles. The van der Waals surface area contributed by atoms with Crippen LogP contribution >= 0.6 is 0 Å². The lowest BCUT2D eigenvalue weighted by molar-refractivity contribution is -0.145. The molecule has 0 aliphatic carbocycles. The molecule has 0 fully saturated rings. The molecule has 0 aromatic heterocycles. The number of nitrogens with two attached hydrogens (primary N) is 1. The maximum Gasteiger partial charge on any atom is 0.317 e. The maximum atomic E-state index is 12.8. The van der Waals surface area contributed by atoms with Gasteiger partial charge in [0.05, 0.1) is 26.2 Å². The Kier molecular flexibility index (Phi) is 15.0. The largest absolute Gasteiger partial charge is 0.480 e. The summed E-state index contributed by atoms with van der Waals surface area (Å²) in [4.78, 5) is 109. The summed E-state index contributed by atoms with van der Waals surface area (Å²) in [5.41, 5.74) is 5.60. The van der Waals surface area contributed by atoms with Gasteiger partial charge in [-0.2, -0.15) is 0 Å². The summed E-state index contributed by atoms with van der Waals surface area (Å²) in [6, 6.07) is 5.99. The van der Waals surface area contributed by atoms with Crippen LogP contribution in [0.3, 0.4) is 0 Å². The van der Waals surface area contributed by atoms with Gasteiger partial charge in [0.15, 0.2) is 0 Å². The highest BCUT2D eigenvalue weighted by molar-refractivity contribution is 6.15. The number of hydrogen-bond donors (Lipinski definition) is 8. The number of imide groups is 1. The van der Waals surface area contributed by atoms with Crippen molar-refractivity contribution in [3.8, 4) is 0 Å². The van der Waals surface area contributed by atoms with Crippen molar-refractivity contribution in [2.24, 2.45) is 5.73 Å². The quantitative estimate of drug-likeness (QED) is 0.0374. The number of rotatable bonds is 20. The predicted molar refractivity (Wildman–Crippen MR) is 155 cm³/mol. The molecule has 0 unspecified atom stereocenters. The van der Waals surface area contributed by atoms with Gasteiger partial charge in [-0.15, -0.1) is 0 Å². The summed E-state index contributed by atoms with van der Waals surface area (Å²) in [5, 5.41) is 22.9. The zero-order chi connectivity index (χ0) is 34.1. The Balaban J connectivity index is 1.89. The van der Waals surface area contributed by atoms with Crippen molar-refractivity contribution < 1.29 is 53.0 Å². The first kappa shape index (κ1) is 36.5. The van der Waals surface area contributed by atoms with Gasteiger partial charge in [-0.1, -0.05) is 30.3 Å². The second-order valence-electron chi connectivity index (χ2n) is 9.50. The number of ether oxygens (including phenoxy) is 1. The minimum atomic E-state index is -1.47. The lowest BCUT2D eigenvalue weighted by Crippen LogP contribution is -2.56. The van der Waals surface area contributed by atoms with Crippen molar-refractivity contribution in [1.82, 2.24) is 36.8 Å². The van der Waals surface area contributed by atoms with E-state index in [4.69, 9.17) is 15.6 Å². The van der Waals surface area contributed by atoms with Gasteiger partial charge in [0.1, 0.15) is 25.4 Å². The van der Waals surface area contributed by atoms with Gasteiger partial charge in [-0.25, -0.2) is 0 Å². The van der Waals surface area contributed by atoms with Crippen LogP contribution < -0.4 is 37.6 Å². The van der Waals surface area contributed by atoms with Crippen molar-refractivity contribution >= 4 is 53.2 Å². The normalized spacial score (nSPS) is 13.3. The Labute approximate surface area is 261 Å². The summed E-state index contributed by atoms with van der Waals surface area (Å²) in [5.74, 6) is -7.49. The number of nitrogens with zero attached hydrogens (tertiary/aromatic N) is 1. The molecule has 8 amide bonds. The molecule has 0 spiro atoms. The minimum absolute atomic E-state index is 0.0336.